The van der Waals surface area contributed by atoms with Crippen LogP contribution in [0.3, 0.4) is 0 Å². The van der Waals surface area contributed by atoms with Crippen LogP contribution in [0.2, 0.25) is 0 Å². The van der Waals surface area contributed by atoms with Crippen LogP contribution in [-0.4, -0.2) is 42.7 Å². The number of nitrogens with zero attached hydrogens (tertiary/aromatic N) is 6. The number of hydrogen-bond acceptors (Lipinski definition) is 8. The Balaban J connectivity index is 1.76. The zero-order valence-electron chi connectivity index (χ0n) is 19.2. The summed E-state index contributed by atoms with van der Waals surface area (Å²) in [5.41, 5.74) is 9.02. The molecule has 2 atom stereocenters. The maximum Gasteiger partial charge on any atom is 0.256 e. The largest absolute Gasteiger partial charge is 0.473 e. The third-order valence-electron chi connectivity index (χ3n) is 5.86. The minimum absolute atomic E-state index is 0.178. The van der Waals surface area contributed by atoms with Crippen LogP contribution in [0.1, 0.15) is 41.5 Å². The van der Waals surface area contributed by atoms with Crippen molar-refractivity contribution in [2.75, 3.05) is 17.6 Å². The third kappa shape index (κ3) is 3.76. The van der Waals surface area contributed by atoms with Gasteiger partial charge in [0, 0.05) is 24.4 Å². The van der Waals surface area contributed by atoms with E-state index in [1.54, 1.807) is 30.8 Å². The van der Waals surface area contributed by atoms with Crippen molar-refractivity contribution in [2.45, 2.75) is 26.0 Å². The van der Waals surface area contributed by atoms with Gasteiger partial charge in [-0.2, -0.15) is 14.9 Å². The summed E-state index contributed by atoms with van der Waals surface area (Å²) in [6.07, 6.45) is 3.78. The van der Waals surface area contributed by atoms with Gasteiger partial charge in [0.25, 0.3) is 5.91 Å². The fourth-order valence-corrected chi connectivity index (χ4v) is 4.07. The number of carbonyl (C=O) groups is 1. The van der Waals surface area contributed by atoms with Gasteiger partial charge in [0.1, 0.15) is 40.9 Å². The van der Waals surface area contributed by atoms with Crippen molar-refractivity contribution in [1.82, 2.24) is 29.5 Å². The first-order chi connectivity index (χ1) is 16.8. The molecule has 0 fully saturated rings. The van der Waals surface area contributed by atoms with E-state index in [1.807, 2.05) is 6.92 Å². The highest BCUT2D eigenvalue weighted by atomic mass is 19.1. The van der Waals surface area contributed by atoms with Crippen molar-refractivity contribution >= 4 is 23.2 Å². The van der Waals surface area contributed by atoms with Crippen LogP contribution in [0.15, 0.2) is 30.7 Å². The minimum atomic E-state index is -0.519. The van der Waals surface area contributed by atoms with Gasteiger partial charge in [0.05, 0.1) is 30.5 Å². The molecule has 4 aromatic heterocycles. The monoisotopic (exact) mass is 475 g/mol. The molecule has 0 saturated heterocycles. The van der Waals surface area contributed by atoms with Crippen molar-refractivity contribution in [3.63, 3.8) is 0 Å². The van der Waals surface area contributed by atoms with E-state index in [0.29, 0.717) is 28.2 Å². The maximum absolute atomic E-state index is 14.2. The number of hydrogen-bond donors (Lipinski definition) is 3. The number of anilines is 2. The van der Waals surface area contributed by atoms with Gasteiger partial charge in [-0.25, -0.2) is 14.4 Å². The van der Waals surface area contributed by atoms with Gasteiger partial charge < -0.3 is 25.7 Å². The number of rotatable bonds is 1. The van der Waals surface area contributed by atoms with Crippen LogP contribution in [-0.2, 0) is 7.05 Å². The third-order valence-corrected chi connectivity index (χ3v) is 5.86. The van der Waals surface area contributed by atoms with Crippen LogP contribution >= 0.6 is 0 Å². The lowest BCUT2D eigenvalue weighted by Crippen LogP contribution is -2.34. The van der Waals surface area contributed by atoms with E-state index in [-0.39, 0.29) is 29.5 Å². The molecule has 2 bridgehead atoms. The second-order valence-corrected chi connectivity index (χ2v) is 8.40. The van der Waals surface area contributed by atoms with Gasteiger partial charge in [-0.1, -0.05) is 0 Å². The molecule has 4 aromatic rings. The maximum atomic E-state index is 14.2. The molecule has 0 aromatic carbocycles. The number of carbonyl (C=O) groups excluding carboxylic acids is 1. The molecule has 0 spiro atoms. The molecule has 5 rings (SSSR count). The Labute approximate surface area is 199 Å². The summed E-state index contributed by atoms with van der Waals surface area (Å²) in [5.74, 6) is -0.135. The Morgan fingerprint density at radius 3 is 2.86 bits per heavy atom. The number of nitrogen functional groups attached to an aromatic ring is 1. The minimum Gasteiger partial charge on any atom is -0.473 e. The highest BCUT2D eigenvalue weighted by molar-refractivity contribution is 6.01. The summed E-state index contributed by atoms with van der Waals surface area (Å²) in [6.45, 7) is 3.76. The van der Waals surface area contributed by atoms with Crippen molar-refractivity contribution < 1.29 is 13.9 Å². The molecular formula is C23H22FN9O2. The van der Waals surface area contributed by atoms with Gasteiger partial charge in [0.2, 0.25) is 5.88 Å². The first-order valence-corrected chi connectivity index (χ1v) is 10.9. The smallest absolute Gasteiger partial charge is 0.256 e. The molecule has 35 heavy (non-hydrogen) atoms. The van der Waals surface area contributed by atoms with E-state index in [0.717, 1.165) is 6.20 Å². The first kappa shape index (κ1) is 22.1. The van der Waals surface area contributed by atoms with Crippen molar-refractivity contribution in [2.24, 2.45) is 7.05 Å². The van der Waals surface area contributed by atoms with Gasteiger partial charge >= 0.3 is 0 Å². The fourth-order valence-electron chi connectivity index (χ4n) is 4.07. The predicted molar refractivity (Wildman–Crippen MR) is 125 cm³/mol. The number of aryl methyl sites for hydroxylation is 1. The molecule has 2 unspecified atom stereocenters. The van der Waals surface area contributed by atoms with Crippen molar-refractivity contribution in [1.29, 1.82) is 5.26 Å². The Morgan fingerprint density at radius 1 is 1.31 bits per heavy atom. The number of aromatic nitrogens is 5. The van der Waals surface area contributed by atoms with Crippen LogP contribution in [0.4, 0.5) is 16.0 Å². The van der Waals surface area contributed by atoms with E-state index in [2.05, 4.69) is 26.8 Å². The number of halogens is 1. The number of nitrogens with one attached hydrogen (secondary N) is 2. The average molecular weight is 475 g/mol. The average Bonchev–Trinajstić information content (AvgIpc) is 3.41. The quantitative estimate of drug-likeness (QED) is 0.380. The van der Waals surface area contributed by atoms with E-state index in [4.69, 9.17) is 15.5 Å². The Kier molecular flexibility index (Phi) is 5.24. The molecule has 178 valence electrons. The van der Waals surface area contributed by atoms with E-state index < -0.39 is 23.9 Å². The SMILES string of the molecule is CC1CNC(=O)c2cnn3c(N)c(-c4cc(C#N)n(C)c4)c(nc23)NC(C)c2cc(F)cnc2O1. The summed E-state index contributed by atoms with van der Waals surface area (Å²) >= 11 is 0. The molecular weight excluding hydrogens is 453 g/mol. The molecule has 1 amide bonds. The van der Waals surface area contributed by atoms with Gasteiger partial charge in [-0.05, 0) is 26.0 Å². The van der Waals surface area contributed by atoms with Crippen LogP contribution in [0.5, 0.6) is 5.88 Å². The lowest BCUT2D eigenvalue weighted by Gasteiger charge is -2.22. The molecule has 5 heterocycles. The van der Waals surface area contributed by atoms with Crippen molar-refractivity contribution in [3.05, 3.63) is 53.4 Å². The molecule has 0 saturated carbocycles. The Hall–Kier alpha value is -4.66. The lowest BCUT2D eigenvalue weighted by molar-refractivity contribution is 0.0932. The first-order valence-electron chi connectivity index (χ1n) is 10.9. The summed E-state index contributed by atoms with van der Waals surface area (Å²) in [5, 5.41) is 19.8. The lowest BCUT2D eigenvalue weighted by atomic mass is 10.1. The number of amides is 1. The fraction of sp³-hybridized carbons (Fsp3) is 0.261. The molecule has 11 nitrogen and oxygen atoms in total. The molecule has 4 N–H and O–H groups in total. The van der Waals surface area contributed by atoms with Crippen LogP contribution < -0.4 is 21.1 Å². The summed E-state index contributed by atoms with van der Waals surface area (Å²) in [7, 11) is 1.75. The number of fused-ring (bicyclic) bond motifs is 2. The number of ether oxygens (including phenoxy) is 1. The number of nitriles is 1. The highest BCUT2D eigenvalue weighted by Crippen LogP contribution is 2.37. The highest BCUT2D eigenvalue weighted by Gasteiger charge is 2.26. The van der Waals surface area contributed by atoms with Crippen LogP contribution in [0, 0.1) is 17.1 Å². The molecule has 0 aliphatic carbocycles. The second-order valence-electron chi connectivity index (χ2n) is 8.40. The van der Waals surface area contributed by atoms with E-state index in [9.17, 15) is 14.4 Å². The van der Waals surface area contributed by atoms with Gasteiger partial charge in [-0.15, -0.1) is 0 Å². The molecule has 0 radical (unpaired) electrons. The molecule has 12 heteroatoms. The zero-order chi connectivity index (χ0) is 24.9. The van der Waals surface area contributed by atoms with Crippen molar-refractivity contribution in [3.8, 4) is 23.1 Å². The molecule has 1 aliphatic rings. The van der Waals surface area contributed by atoms with Gasteiger partial charge in [-0.3, -0.25) is 4.79 Å². The zero-order valence-corrected chi connectivity index (χ0v) is 19.2. The summed E-state index contributed by atoms with van der Waals surface area (Å²) in [4.78, 5) is 21.7. The Bertz CT molecular complexity index is 1520. The summed E-state index contributed by atoms with van der Waals surface area (Å²) in [6, 6.07) is 4.64. The Morgan fingerprint density at radius 2 is 2.11 bits per heavy atom. The normalized spacial score (nSPS) is 17.9. The second kappa shape index (κ2) is 8.28. The van der Waals surface area contributed by atoms with E-state index in [1.165, 1.54) is 16.8 Å². The predicted octanol–water partition coefficient (Wildman–Crippen LogP) is 2.41. The van der Waals surface area contributed by atoms with Crippen LogP contribution in [0.25, 0.3) is 16.8 Å². The number of pyridine rings is 1. The van der Waals surface area contributed by atoms with Gasteiger partial charge in [0.15, 0.2) is 5.65 Å². The standard InChI is InChI=1S/C23H22FN9O2/c1-11-7-27-22(34)17-9-29-33-19(26)18(13-4-15(6-25)32(3)10-13)20(31-21(17)33)30-12(2)16-5-14(24)8-28-23(16)35-11/h4-5,8-12H,7,26H2,1-3H3,(H,27,34)(H,30,31). The molecule has 1 aliphatic heterocycles. The number of nitrogens with two attached hydrogens (primary N) is 1. The summed E-state index contributed by atoms with van der Waals surface area (Å²) < 4.78 is 23.2. The van der Waals surface area contributed by atoms with E-state index >= 15 is 0 Å². The topological polar surface area (TPSA) is 148 Å².